The Hall–Kier alpha value is -0.760. The second-order valence-corrected chi connectivity index (χ2v) is 12.3. The highest BCUT2D eigenvalue weighted by atomic mass is 32.3. The molecule has 0 fully saturated rings. The number of nitrogens with zero attached hydrogens (tertiary/aromatic N) is 3. The fraction of sp³-hybridized carbons (Fsp3) is 0.889. The molecule has 0 amide bonds. The van der Waals surface area contributed by atoms with Gasteiger partial charge >= 0.3 is 17.2 Å². The van der Waals surface area contributed by atoms with Gasteiger partial charge in [0.05, 0.1) is 3.91 Å². The molecule has 0 bridgehead atoms. The van der Waals surface area contributed by atoms with E-state index in [9.17, 15) is 56.1 Å². The summed E-state index contributed by atoms with van der Waals surface area (Å²) in [7, 11) is -18.1. The largest absolute Gasteiger partial charge is 0.400 e. The molecule has 0 radical (unpaired) electrons. The minimum atomic E-state index is -7.58. The van der Waals surface area contributed by atoms with E-state index in [4.69, 9.17) is 0 Å². The Bertz CT molecular complexity index is 862. The highest BCUT2D eigenvalue weighted by molar-refractivity contribution is 8.28. The second-order valence-electron chi connectivity index (χ2n) is 5.44. The first-order valence-electron chi connectivity index (χ1n) is 6.44. The molecule has 0 rings (SSSR count). The average molecular weight is 490 g/mol. The summed E-state index contributed by atoms with van der Waals surface area (Å²) in [4.78, 5) is 0. The predicted molar refractivity (Wildman–Crippen MR) is 81.1 cm³/mol. The molecule has 0 aromatic rings. The van der Waals surface area contributed by atoms with Crippen molar-refractivity contribution < 1.29 is 56.1 Å². The molecule has 0 atom stereocenters. The molecule has 0 saturated heterocycles. The first kappa shape index (κ1) is 27.2. The van der Waals surface area contributed by atoms with Crippen LogP contribution in [0, 0.1) is 3.91 Å². The zero-order valence-electron chi connectivity index (χ0n) is 14.7. The van der Waals surface area contributed by atoms with Crippen LogP contribution < -0.4 is 0 Å². The summed E-state index contributed by atoms with van der Waals surface area (Å²) in [5, 5.41) is -9.32. The summed E-state index contributed by atoms with van der Waals surface area (Å²) in [5.74, 6) is -7.10. The Labute approximate surface area is 156 Å². The van der Waals surface area contributed by atoms with Crippen molar-refractivity contribution in [2.24, 2.45) is 0 Å². The third kappa shape index (κ3) is 3.83. The summed E-state index contributed by atoms with van der Waals surface area (Å²) < 4.78 is 163. The quantitative estimate of drug-likeness (QED) is 0.197. The Morgan fingerprint density at radius 1 is 0.679 bits per heavy atom. The highest BCUT2D eigenvalue weighted by Crippen LogP contribution is 2.53. The van der Waals surface area contributed by atoms with Crippen molar-refractivity contribution in [3.8, 4) is 0 Å². The maximum atomic E-state index is 14.1. The predicted octanol–water partition coefficient (Wildman–Crippen LogP) is 0.268. The van der Waals surface area contributed by atoms with Crippen molar-refractivity contribution in [2.45, 2.75) is 17.2 Å². The van der Waals surface area contributed by atoms with E-state index >= 15 is 0 Å². The molecule has 0 spiro atoms. The molecule has 0 saturated carbocycles. The van der Waals surface area contributed by atoms with Crippen LogP contribution >= 0.6 is 0 Å². The van der Waals surface area contributed by atoms with Crippen molar-refractivity contribution in [3.63, 3.8) is 0 Å². The molecule has 0 aliphatic rings. The zero-order chi connectivity index (χ0) is 23.3. The van der Waals surface area contributed by atoms with Gasteiger partial charge in [-0.1, -0.05) is 5.12 Å². The normalized spacial score (nSPS) is 15.9. The lowest BCUT2D eigenvalue weighted by atomic mass is 10.3. The lowest BCUT2D eigenvalue weighted by molar-refractivity contribution is -0.363. The first-order chi connectivity index (χ1) is 11.9. The molecule has 0 aliphatic carbocycles. The van der Waals surface area contributed by atoms with Gasteiger partial charge < -0.3 is 0 Å². The topological polar surface area (TPSA) is 112 Å². The Kier molecular flexibility index (Phi) is 7.29. The molecule has 0 unspecified atom stereocenters. The standard InChI is InChI=1S/C9H15F7N3O6S3/c1-17(2)27(22,23)6(28(24,25)18(3)4)26(20,21)9(14,15)7(10,11)8(12,13)19(5)16/h1-5H3/q-1. The van der Waals surface area contributed by atoms with E-state index in [0.717, 1.165) is 0 Å². The SMILES string of the molecule is CN(F)C(F)(F)C(F)(F)C(F)(F)S(=O)(=O)[C-](S(=O)(=O)N(C)C)S(=O)(=O)N(C)C. The van der Waals surface area contributed by atoms with Crippen molar-refractivity contribution in [1.29, 1.82) is 0 Å². The summed E-state index contributed by atoms with van der Waals surface area (Å²) in [6, 6.07) is -6.47. The number of hydrogen-bond donors (Lipinski definition) is 0. The maximum absolute atomic E-state index is 14.1. The van der Waals surface area contributed by atoms with Crippen LogP contribution in [0.5, 0.6) is 0 Å². The number of hydrogen-bond acceptors (Lipinski definition) is 7. The van der Waals surface area contributed by atoms with Gasteiger partial charge in [0.15, 0.2) is 0 Å². The van der Waals surface area contributed by atoms with E-state index in [0.29, 0.717) is 28.2 Å². The van der Waals surface area contributed by atoms with Gasteiger partial charge in [-0.3, -0.25) is 8.42 Å². The third-order valence-electron chi connectivity index (χ3n) is 3.07. The molecule has 9 nitrogen and oxygen atoms in total. The first-order valence-corrected chi connectivity index (χ1v) is 10.8. The van der Waals surface area contributed by atoms with Gasteiger partial charge in [-0.05, 0) is 28.2 Å². The lowest BCUT2D eigenvalue weighted by Crippen LogP contribution is -2.64. The van der Waals surface area contributed by atoms with Crippen LogP contribution in [0.1, 0.15) is 0 Å². The average Bonchev–Trinajstić information content (AvgIpc) is 2.44. The van der Waals surface area contributed by atoms with Crippen LogP contribution in [-0.4, -0.2) is 91.4 Å². The van der Waals surface area contributed by atoms with Crippen LogP contribution in [0.3, 0.4) is 0 Å². The van der Waals surface area contributed by atoms with Crippen molar-refractivity contribution in [1.82, 2.24) is 13.7 Å². The van der Waals surface area contributed by atoms with E-state index in [-0.39, 0.29) is 8.61 Å². The number of rotatable bonds is 9. The fourth-order valence-electron chi connectivity index (χ4n) is 1.35. The van der Waals surface area contributed by atoms with Crippen LogP contribution in [0.4, 0.5) is 30.8 Å². The van der Waals surface area contributed by atoms with Crippen LogP contribution in [0.2, 0.25) is 0 Å². The minimum Gasteiger partial charge on any atom is -0.254 e. The summed E-state index contributed by atoms with van der Waals surface area (Å²) in [6.07, 6.45) is 0. The van der Waals surface area contributed by atoms with Gasteiger partial charge in [0.25, 0.3) is 0 Å². The van der Waals surface area contributed by atoms with Crippen molar-refractivity contribution in [2.75, 3.05) is 35.2 Å². The number of sulfonamides is 2. The molecule has 170 valence electrons. The summed E-state index contributed by atoms with van der Waals surface area (Å²) >= 11 is 0. The molecular formula is C9H15F7N3O6S3-. The maximum Gasteiger partial charge on any atom is 0.400 e. The Morgan fingerprint density at radius 2 is 0.964 bits per heavy atom. The van der Waals surface area contributed by atoms with Gasteiger partial charge in [0.1, 0.15) is 29.9 Å². The second kappa shape index (κ2) is 7.49. The fourth-order valence-corrected chi connectivity index (χ4v) is 8.32. The van der Waals surface area contributed by atoms with Crippen LogP contribution in [0.25, 0.3) is 0 Å². The van der Waals surface area contributed by atoms with E-state index in [1.54, 1.807) is 0 Å². The number of alkyl halides is 6. The summed E-state index contributed by atoms with van der Waals surface area (Å²) in [5.41, 5.74) is 0. The van der Waals surface area contributed by atoms with E-state index in [1.807, 2.05) is 0 Å². The molecule has 0 aromatic carbocycles. The number of sulfone groups is 1. The molecule has 19 heteroatoms. The van der Waals surface area contributed by atoms with Gasteiger partial charge in [-0.15, -0.1) is 4.48 Å². The zero-order valence-corrected chi connectivity index (χ0v) is 17.1. The van der Waals surface area contributed by atoms with Gasteiger partial charge in [-0.2, -0.15) is 26.3 Å². The van der Waals surface area contributed by atoms with E-state index in [1.165, 1.54) is 0 Å². The van der Waals surface area contributed by atoms with Crippen molar-refractivity contribution in [3.05, 3.63) is 3.91 Å². The van der Waals surface area contributed by atoms with Crippen molar-refractivity contribution >= 4 is 29.9 Å². The molecular weight excluding hydrogens is 475 g/mol. The van der Waals surface area contributed by atoms with Crippen LogP contribution in [-0.2, 0) is 29.9 Å². The van der Waals surface area contributed by atoms with Gasteiger partial charge in [0.2, 0.25) is 0 Å². The lowest BCUT2D eigenvalue weighted by Gasteiger charge is -2.40. The highest BCUT2D eigenvalue weighted by Gasteiger charge is 2.79. The Morgan fingerprint density at radius 3 is 1.18 bits per heavy atom. The Balaban J connectivity index is 7.20. The molecule has 0 N–H and O–H groups in total. The number of halogens is 7. The van der Waals surface area contributed by atoms with Gasteiger partial charge in [-0.25, -0.2) is 25.4 Å². The molecule has 0 aromatic heterocycles. The van der Waals surface area contributed by atoms with E-state index < -0.39 is 63.2 Å². The van der Waals surface area contributed by atoms with Gasteiger partial charge in [0, 0.05) is 7.05 Å². The molecule has 0 aliphatic heterocycles. The molecule has 28 heavy (non-hydrogen) atoms. The van der Waals surface area contributed by atoms with Crippen LogP contribution in [0.15, 0.2) is 0 Å². The molecule has 0 heterocycles. The van der Waals surface area contributed by atoms with E-state index in [2.05, 4.69) is 0 Å². The monoisotopic (exact) mass is 490 g/mol. The minimum absolute atomic E-state index is 0.241. The smallest absolute Gasteiger partial charge is 0.254 e. The third-order valence-corrected chi connectivity index (χ3v) is 11.0. The summed E-state index contributed by atoms with van der Waals surface area (Å²) in [6.45, 7) is 0.